The van der Waals surface area contributed by atoms with Gasteiger partial charge in [-0.25, -0.2) is 0 Å². The highest BCUT2D eigenvalue weighted by molar-refractivity contribution is 4.77. The Hall–Kier alpha value is -0.0800. The summed E-state index contributed by atoms with van der Waals surface area (Å²) in [5.41, 5.74) is 5.68. The molecule has 1 unspecified atom stereocenters. The third kappa shape index (κ3) is 1.95. The summed E-state index contributed by atoms with van der Waals surface area (Å²) in [5, 5.41) is 0. The van der Waals surface area contributed by atoms with Gasteiger partial charge in [-0.2, -0.15) is 0 Å². The molecule has 2 atom stereocenters. The quantitative estimate of drug-likeness (QED) is 0.601. The Morgan fingerprint density at radius 3 is 2.78 bits per heavy atom. The molecule has 54 valence electrons. The largest absolute Gasteiger partial charge is 0.378 e. The first kappa shape index (κ1) is 7.03. The highest BCUT2D eigenvalue weighted by Gasteiger charge is 2.21. The lowest BCUT2D eigenvalue weighted by molar-refractivity contribution is 0.0675. The summed E-state index contributed by atoms with van der Waals surface area (Å²) in [5.74, 6) is 0. The van der Waals surface area contributed by atoms with E-state index < -0.39 is 0 Å². The van der Waals surface area contributed by atoms with Gasteiger partial charge in [0.15, 0.2) is 0 Å². The molecule has 0 aliphatic heterocycles. The Kier molecular flexibility index (Phi) is 2.49. The minimum atomic E-state index is 0.404. The van der Waals surface area contributed by atoms with Crippen molar-refractivity contribution < 1.29 is 4.74 Å². The Bertz CT molecular complexity index is 83.0. The van der Waals surface area contributed by atoms with Gasteiger partial charge in [0.25, 0.3) is 0 Å². The van der Waals surface area contributed by atoms with Gasteiger partial charge in [0.05, 0.1) is 6.10 Å². The first-order valence-electron chi connectivity index (χ1n) is 3.70. The number of nitrogens with two attached hydrogens (primary N) is 1. The molecule has 9 heavy (non-hydrogen) atoms. The summed E-state index contributed by atoms with van der Waals surface area (Å²) < 4.78 is 5.39. The Morgan fingerprint density at radius 1 is 1.56 bits per heavy atom. The summed E-state index contributed by atoms with van der Waals surface area (Å²) in [4.78, 5) is 0. The molecule has 1 aliphatic carbocycles. The maximum atomic E-state index is 5.68. The molecule has 0 amide bonds. The van der Waals surface area contributed by atoms with Gasteiger partial charge in [0.2, 0.25) is 0 Å². The third-order valence-corrected chi connectivity index (χ3v) is 1.83. The molecule has 0 bridgehead atoms. The molecule has 2 nitrogen and oxygen atoms in total. The predicted molar refractivity (Wildman–Crippen MR) is 37.2 cm³/mol. The number of rotatable bonds is 2. The highest BCUT2D eigenvalue weighted by Crippen LogP contribution is 2.19. The maximum absolute atomic E-state index is 5.68. The Morgan fingerprint density at radius 2 is 2.33 bits per heavy atom. The van der Waals surface area contributed by atoms with E-state index in [2.05, 4.69) is 0 Å². The van der Waals surface area contributed by atoms with Crippen molar-refractivity contribution in [3.05, 3.63) is 0 Å². The zero-order chi connectivity index (χ0) is 6.69. The average molecular weight is 129 g/mol. The molecule has 0 aromatic carbocycles. The zero-order valence-corrected chi connectivity index (χ0v) is 5.97. The van der Waals surface area contributed by atoms with E-state index in [-0.39, 0.29) is 0 Å². The van der Waals surface area contributed by atoms with Gasteiger partial charge < -0.3 is 10.5 Å². The van der Waals surface area contributed by atoms with E-state index >= 15 is 0 Å². The minimum absolute atomic E-state index is 0.404. The van der Waals surface area contributed by atoms with Crippen molar-refractivity contribution in [3.63, 3.8) is 0 Å². The van der Waals surface area contributed by atoms with Crippen molar-refractivity contribution in [3.8, 4) is 0 Å². The van der Waals surface area contributed by atoms with Crippen molar-refractivity contribution in [2.75, 3.05) is 6.61 Å². The lowest BCUT2D eigenvalue weighted by atomic mass is 10.3. The molecule has 0 radical (unpaired) electrons. The van der Waals surface area contributed by atoms with Crippen LogP contribution in [0.3, 0.4) is 0 Å². The van der Waals surface area contributed by atoms with Crippen molar-refractivity contribution in [1.82, 2.24) is 0 Å². The van der Waals surface area contributed by atoms with E-state index in [9.17, 15) is 0 Å². The average Bonchev–Trinajstić information content (AvgIpc) is 2.17. The fraction of sp³-hybridized carbons (Fsp3) is 1.00. The molecule has 2 N–H and O–H groups in total. The van der Waals surface area contributed by atoms with Gasteiger partial charge in [-0.05, 0) is 26.2 Å². The minimum Gasteiger partial charge on any atom is -0.378 e. The Labute approximate surface area is 56.4 Å². The van der Waals surface area contributed by atoms with Crippen LogP contribution in [-0.2, 0) is 4.74 Å². The van der Waals surface area contributed by atoms with E-state index in [0.29, 0.717) is 12.1 Å². The fourth-order valence-electron chi connectivity index (χ4n) is 1.36. The smallest absolute Gasteiger partial charge is 0.0590 e. The highest BCUT2D eigenvalue weighted by atomic mass is 16.5. The molecule has 1 saturated carbocycles. The second kappa shape index (κ2) is 3.18. The second-order valence-electron chi connectivity index (χ2n) is 2.65. The molecule has 0 aromatic rings. The standard InChI is InChI=1S/C7H15NO/c1-2-9-7-4-3-6(8)5-7/h6-7H,2-5,8H2,1H3/t6?,7-/m0/s1. The van der Waals surface area contributed by atoms with E-state index in [4.69, 9.17) is 10.5 Å². The third-order valence-electron chi connectivity index (χ3n) is 1.83. The molecular weight excluding hydrogens is 114 g/mol. The van der Waals surface area contributed by atoms with Crippen LogP contribution in [0.25, 0.3) is 0 Å². The number of hydrogen-bond acceptors (Lipinski definition) is 2. The van der Waals surface area contributed by atoms with E-state index in [0.717, 1.165) is 25.9 Å². The molecule has 0 aromatic heterocycles. The van der Waals surface area contributed by atoms with Gasteiger partial charge in [-0.15, -0.1) is 0 Å². The lowest BCUT2D eigenvalue weighted by Gasteiger charge is -2.07. The van der Waals surface area contributed by atoms with Crippen LogP contribution in [0.2, 0.25) is 0 Å². The van der Waals surface area contributed by atoms with E-state index in [1.807, 2.05) is 6.92 Å². The van der Waals surface area contributed by atoms with Crippen molar-refractivity contribution >= 4 is 0 Å². The topological polar surface area (TPSA) is 35.2 Å². The normalized spacial score (nSPS) is 35.3. The number of hydrogen-bond donors (Lipinski definition) is 1. The summed E-state index contributed by atoms with van der Waals surface area (Å²) in [6.45, 7) is 2.86. The Balaban J connectivity index is 2.14. The molecule has 0 saturated heterocycles. The first-order chi connectivity index (χ1) is 4.33. The lowest BCUT2D eigenvalue weighted by Crippen LogP contribution is -2.17. The van der Waals surface area contributed by atoms with Crippen LogP contribution in [0, 0.1) is 0 Å². The van der Waals surface area contributed by atoms with Crippen molar-refractivity contribution in [2.45, 2.75) is 38.3 Å². The summed E-state index contributed by atoms with van der Waals surface area (Å²) >= 11 is 0. The van der Waals surface area contributed by atoms with Crippen LogP contribution in [0.5, 0.6) is 0 Å². The molecule has 2 heteroatoms. The van der Waals surface area contributed by atoms with Crippen molar-refractivity contribution in [1.29, 1.82) is 0 Å². The molecular formula is C7H15NO. The molecule has 1 rings (SSSR count). The van der Waals surface area contributed by atoms with Crippen LogP contribution in [0.15, 0.2) is 0 Å². The van der Waals surface area contributed by atoms with Gasteiger partial charge in [0, 0.05) is 12.6 Å². The molecule has 1 fully saturated rings. The van der Waals surface area contributed by atoms with Gasteiger partial charge >= 0.3 is 0 Å². The van der Waals surface area contributed by atoms with Crippen LogP contribution >= 0.6 is 0 Å². The van der Waals surface area contributed by atoms with Gasteiger partial charge in [0.1, 0.15) is 0 Å². The molecule has 1 aliphatic rings. The SMILES string of the molecule is CCO[C@H]1CCC(N)C1. The van der Waals surface area contributed by atoms with E-state index in [1.54, 1.807) is 0 Å². The van der Waals surface area contributed by atoms with Gasteiger partial charge in [-0.1, -0.05) is 0 Å². The van der Waals surface area contributed by atoms with Crippen LogP contribution in [0.1, 0.15) is 26.2 Å². The second-order valence-corrected chi connectivity index (χ2v) is 2.65. The van der Waals surface area contributed by atoms with Crippen LogP contribution in [-0.4, -0.2) is 18.8 Å². The number of ether oxygens (including phenoxy) is 1. The molecule has 0 spiro atoms. The van der Waals surface area contributed by atoms with E-state index in [1.165, 1.54) is 0 Å². The van der Waals surface area contributed by atoms with Crippen LogP contribution in [0.4, 0.5) is 0 Å². The monoisotopic (exact) mass is 129 g/mol. The van der Waals surface area contributed by atoms with Crippen LogP contribution < -0.4 is 5.73 Å². The summed E-state index contributed by atoms with van der Waals surface area (Å²) in [6, 6.07) is 0.404. The predicted octanol–water partition coefficient (Wildman–Crippen LogP) is 0.903. The van der Waals surface area contributed by atoms with Gasteiger partial charge in [-0.3, -0.25) is 0 Å². The summed E-state index contributed by atoms with van der Waals surface area (Å²) in [6.07, 6.45) is 3.83. The maximum Gasteiger partial charge on any atom is 0.0590 e. The van der Waals surface area contributed by atoms with Crippen molar-refractivity contribution in [2.24, 2.45) is 5.73 Å². The molecule has 0 heterocycles. The summed E-state index contributed by atoms with van der Waals surface area (Å²) in [7, 11) is 0. The fourth-order valence-corrected chi connectivity index (χ4v) is 1.36. The zero-order valence-electron chi connectivity index (χ0n) is 5.97. The first-order valence-corrected chi connectivity index (χ1v) is 3.70.